The SMILES string of the molecule is CC(C)N1CCC(C(=O)N2CCOC(c3nccnc3-c3ccc(C(N)=O)cc3)C2)CC1. The molecule has 1 aromatic carbocycles. The normalized spacial score (nSPS) is 20.5. The van der Waals surface area contributed by atoms with E-state index in [1.807, 2.05) is 17.0 Å². The molecule has 2 fully saturated rings. The van der Waals surface area contributed by atoms with Crippen LogP contribution in [0.4, 0.5) is 0 Å². The third-order valence-electron chi connectivity index (χ3n) is 6.46. The molecule has 2 N–H and O–H groups in total. The molecule has 8 heteroatoms. The van der Waals surface area contributed by atoms with E-state index in [0.29, 0.717) is 42.7 Å². The van der Waals surface area contributed by atoms with E-state index in [2.05, 4.69) is 28.7 Å². The zero-order chi connectivity index (χ0) is 22.7. The molecule has 170 valence electrons. The molecule has 0 spiro atoms. The number of benzene rings is 1. The molecule has 8 nitrogen and oxygen atoms in total. The number of likely N-dealkylation sites (tertiary alicyclic amines) is 1. The third kappa shape index (κ3) is 4.81. The van der Waals surface area contributed by atoms with Gasteiger partial charge in [0.05, 0.1) is 24.5 Å². The van der Waals surface area contributed by atoms with Gasteiger partial charge in [-0.2, -0.15) is 0 Å². The van der Waals surface area contributed by atoms with Crippen LogP contribution in [-0.2, 0) is 9.53 Å². The smallest absolute Gasteiger partial charge is 0.248 e. The lowest BCUT2D eigenvalue weighted by Crippen LogP contribution is -2.48. The molecule has 0 radical (unpaired) electrons. The van der Waals surface area contributed by atoms with Gasteiger partial charge < -0.3 is 20.3 Å². The molecule has 0 aliphatic carbocycles. The minimum Gasteiger partial charge on any atom is -0.368 e. The highest BCUT2D eigenvalue weighted by molar-refractivity contribution is 5.93. The lowest BCUT2D eigenvalue weighted by molar-refractivity contribution is -0.145. The van der Waals surface area contributed by atoms with Crippen molar-refractivity contribution in [2.75, 3.05) is 32.8 Å². The van der Waals surface area contributed by atoms with Crippen molar-refractivity contribution < 1.29 is 14.3 Å². The Bertz CT molecular complexity index is 954. The standard InChI is InChI=1S/C24H31N5O3/c1-16(2)28-11-7-19(8-12-28)24(31)29-13-14-32-20(15-29)22-21(26-9-10-27-22)17-3-5-18(6-4-17)23(25)30/h3-6,9-10,16,19-20H,7-8,11-15H2,1-2H3,(H2,25,30). The maximum Gasteiger partial charge on any atom is 0.248 e. The minimum absolute atomic E-state index is 0.0754. The highest BCUT2D eigenvalue weighted by atomic mass is 16.5. The Labute approximate surface area is 188 Å². The largest absolute Gasteiger partial charge is 0.368 e. The van der Waals surface area contributed by atoms with E-state index in [-0.39, 0.29) is 17.9 Å². The van der Waals surface area contributed by atoms with Crippen LogP contribution in [-0.4, -0.2) is 70.4 Å². The Balaban J connectivity index is 1.48. The number of piperidine rings is 1. The lowest BCUT2D eigenvalue weighted by atomic mass is 9.94. The molecule has 2 aliphatic heterocycles. The summed E-state index contributed by atoms with van der Waals surface area (Å²) in [4.78, 5) is 38.0. The van der Waals surface area contributed by atoms with Crippen molar-refractivity contribution >= 4 is 11.8 Å². The topological polar surface area (TPSA) is 102 Å². The summed E-state index contributed by atoms with van der Waals surface area (Å²) in [7, 11) is 0. The number of primary amides is 1. The number of ether oxygens (including phenoxy) is 1. The van der Waals surface area contributed by atoms with Gasteiger partial charge in [0.2, 0.25) is 11.8 Å². The monoisotopic (exact) mass is 437 g/mol. The maximum absolute atomic E-state index is 13.2. The molecule has 0 saturated carbocycles. The number of hydrogen-bond donors (Lipinski definition) is 1. The predicted molar refractivity (Wildman–Crippen MR) is 121 cm³/mol. The second-order valence-corrected chi connectivity index (χ2v) is 8.78. The Morgan fingerprint density at radius 1 is 1.06 bits per heavy atom. The number of carbonyl (C=O) groups is 2. The van der Waals surface area contributed by atoms with Crippen molar-refractivity contribution in [3.05, 3.63) is 47.9 Å². The second kappa shape index (κ2) is 9.75. The van der Waals surface area contributed by atoms with Gasteiger partial charge in [0.15, 0.2) is 0 Å². The predicted octanol–water partition coefficient (Wildman–Crippen LogP) is 2.26. The fourth-order valence-corrected chi connectivity index (χ4v) is 4.54. The summed E-state index contributed by atoms with van der Waals surface area (Å²) in [6.45, 7) is 7.88. The Morgan fingerprint density at radius 3 is 2.41 bits per heavy atom. The first-order valence-electron chi connectivity index (χ1n) is 11.3. The molecule has 4 rings (SSSR count). The van der Waals surface area contributed by atoms with E-state index in [1.165, 1.54) is 0 Å². The van der Waals surface area contributed by atoms with E-state index in [4.69, 9.17) is 10.5 Å². The highest BCUT2D eigenvalue weighted by Gasteiger charge is 2.34. The number of carbonyl (C=O) groups excluding carboxylic acids is 2. The van der Waals surface area contributed by atoms with Crippen molar-refractivity contribution in [1.82, 2.24) is 19.8 Å². The number of morpholine rings is 1. The van der Waals surface area contributed by atoms with Gasteiger partial charge in [-0.05, 0) is 51.9 Å². The Hall–Kier alpha value is -2.84. The summed E-state index contributed by atoms with van der Waals surface area (Å²) < 4.78 is 6.03. The van der Waals surface area contributed by atoms with Crippen LogP contribution in [0.15, 0.2) is 36.7 Å². The van der Waals surface area contributed by atoms with Gasteiger partial charge in [-0.25, -0.2) is 0 Å². The number of nitrogens with two attached hydrogens (primary N) is 1. The lowest BCUT2D eigenvalue weighted by Gasteiger charge is -2.38. The first-order valence-corrected chi connectivity index (χ1v) is 11.3. The Morgan fingerprint density at radius 2 is 1.75 bits per heavy atom. The first-order chi connectivity index (χ1) is 15.4. The van der Waals surface area contributed by atoms with E-state index >= 15 is 0 Å². The summed E-state index contributed by atoms with van der Waals surface area (Å²) in [6, 6.07) is 7.49. The van der Waals surface area contributed by atoms with Gasteiger partial charge in [-0.3, -0.25) is 19.6 Å². The van der Waals surface area contributed by atoms with E-state index in [1.54, 1.807) is 24.5 Å². The van der Waals surface area contributed by atoms with Crippen molar-refractivity contribution in [3.63, 3.8) is 0 Å². The minimum atomic E-state index is -0.472. The van der Waals surface area contributed by atoms with Crippen molar-refractivity contribution in [1.29, 1.82) is 0 Å². The Kier molecular flexibility index (Phi) is 6.81. The molecule has 1 unspecified atom stereocenters. The van der Waals surface area contributed by atoms with Crippen LogP contribution in [0.1, 0.15) is 48.8 Å². The van der Waals surface area contributed by atoms with Crippen LogP contribution in [0.2, 0.25) is 0 Å². The van der Waals surface area contributed by atoms with Gasteiger partial charge >= 0.3 is 0 Å². The number of hydrogen-bond acceptors (Lipinski definition) is 6. The maximum atomic E-state index is 13.2. The van der Waals surface area contributed by atoms with Crippen LogP contribution >= 0.6 is 0 Å². The van der Waals surface area contributed by atoms with Crippen LogP contribution in [0.25, 0.3) is 11.3 Å². The quantitative estimate of drug-likeness (QED) is 0.770. The zero-order valence-corrected chi connectivity index (χ0v) is 18.7. The molecule has 0 bridgehead atoms. The second-order valence-electron chi connectivity index (χ2n) is 8.78. The number of rotatable bonds is 5. The summed E-state index contributed by atoms with van der Waals surface area (Å²) >= 11 is 0. The fraction of sp³-hybridized carbons (Fsp3) is 0.500. The summed E-state index contributed by atoms with van der Waals surface area (Å²) in [5, 5.41) is 0. The van der Waals surface area contributed by atoms with Gasteiger partial charge in [0.1, 0.15) is 6.10 Å². The molecular formula is C24H31N5O3. The zero-order valence-electron chi connectivity index (χ0n) is 18.7. The van der Waals surface area contributed by atoms with Gasteiger partial charge in [0.25, 0.3) is 0 Å². The number of nitrogens with zero attached hydrogens (tertiary/aromatic N) is 4. The third-order valence-corrected chi connectivity index (χ3v) is 6.46. The molecule has 2 amide bonds. The molecule has 1 aromatic heterocycles. The molecule has 32 heavy (non-hydrogen) atoms. The highest BCUT2D eigenvalue weighted by Crippen LogP contribution is 2.30. The molecule has 2 aromatic rings. The fourth-order valence-electron chi connectivity index (χ4n) is 4.54. The van der Waals surface area contributed by atoms with Crippen molar-refractivity contribution in [3.8, 4) is 11.3 Å². The van der Waals surface area contributed by atoms with E-state index < -0.39 is 5.91 Å². The van der Waals surface area contributed by atoms with Crippen LogP contribution in [0.3, 0.4) is 0 Å². The van der Waals surface area contributed by atoms with E-state index in [9.17, 15) is 9.59 Å². The molecule has 2 saturated heterocycles. The van der Waals surface area contributed by atoms with E-state index in [0.717, 1.165) is 31.5 Å². The summed E-state index contributed by atoms with van der Waals surface area (Å²) in [6.07, 6.45) is 4.74. The summed E-state index contributed by atoms with van der Waals surface area (Å²) in [5.74, 6) is -0.177. The molecule has 2 aliphatic rings. The molecular weight excluding hydrogens is 406 g/mol. The van der Waals surface area contributed by atoms with Crippen molar-refractivity contribution in [2.24, 2.45) is 11.7 Å². The van der Waals surface area contributed by atoms with Crippen LogP contribution < -0.4 is 5.73 Å². The first kappa shape index (κ1) is 22.4. The van der Waals surface area contributed by atoms with Gasteiger partial charge in [-0.15, -0.1) is 0 Å². The van der Waals surface area contributed by atoms with Gasteiger partial charge in [-0.1, -0.05) is 12.1 Å². The van der Waals surface area contributed by atoms with Crippen LogP contribution in [0.5, 0.6) is 0 Å². The summed E-state index contributed by atoms with van der Waals surface area (Å²) in [5.41, 5.74) is 8.00. The molecule has 1 atom stereocenters. The average Bonchev–Trinajstić information content (AvgIpc) is 2.84. The molecule has 3 heterocycles. The number of aromatic nitrogens is 2. The van der Waals surface area contributed by atoms with Crippen LogP contribution in [0, 0.1) is 5.92 Å². The number of amides is 2. The van der Waals surface area contributed by atoms with Crippen molar-refractivity contribution in [2.45, 2.75) is 38.8 Å². The van der Waals surface area contributed by atoms with Gasteiger partial charge in [0, 0.05) is 42.0 Å². The average molecular weight is 438 g/mol.